The van der Waals surface area contributed by atoms with E-state index in [1.807, 2.05) is 60.7 Å². The Bertz CT molecular complexity index is 677. The molecule has 2 aromatic rings. The van der Waals surface area contributed by atoms with Gasteiger partial charge in [-0.1, -0.05) is 79.7 Å². The maximum Gasteiger partial charge on any atom is 0.230 e. The van der Waals surface area contributed by atoms with Crippen molar-refractivity contribution >= 4 is 11.7 Å². The summed E-state index contributed by atoms with van der Waals surface area (Å²) >= 11 is 0. The van der Waals surface area contributed by atoms with Gasteiger partial charge in [0.2, 0.25) is 5.91 Å². The number of Topliss-reactive ketones (excluding diaryl/α,β-unsaturated/α-hetero) is 1. The molecule has 0 spiro atoms. The minimum absolute atomic E-state index is 0.100. The molecule has 0 aliphatic heterocycles. The number of rotatable bonds is 8. The molecule has 0 fully saturated rings. The van der Waals surface area contributed by atoms with Gasteiger partial charge in [0.1, 0.15) is 0 Å². The van der Waals surface area contributed by atoms with E-state index in [9.17, 15) is 9.59 Å². The van der Waals surface area contributed by atoms with Gasteiger partial charge in [-0.3, -0.25) is 9.59 Å². The van der Waals surface area contributed by atoms with E-state index in [0.717, 1.165) is 12.0 Å². The van der Waals surface area contributed by atoms with Gasteiger partial charge in [0.05, 0.1) is 6.42 Å². The number of ketones is 1. The normalized spacial score (nSPS) is 10.7. The summed E-state index contributed by atoms with van der Waals surface area (Å²) < 4.78 is 0. The lowest BCUT2D eigenvalue weighted by Crippen LogP contribution is -2.32. The molecule has 0 aliphatic rings. The highest BCUT2D eigenvalue weighted by atomic mass is 16.2. The quantitative estimate of drug-likeness (QED) is 0.414. The standard InChI is InChI=1S/C21H23NO2/c1-2-3-10-15-22(17-18-11-6-4-7-12-18)21(24)16-20(23)19-13-8-5-9-14-19/h3-14H,2,15-17H2,1H3/b10-3-. The maximum atomic E-state index is 12.6. The molecule has 0 atom stereocenters. The monoisotopic (exact) mass is 321 g/mol. The van der Waals surface area contributed by atoms with Crippen molar-refractivity contribution in [1.82, 2.24) is 4.90 Å². The fourth-order valence-corrected chi connectivity index (χ4v) is 2.40. The van der Waals surface area contributed by atoms with Crippen LogP contribution < -0.4 is 0 Å². The Hall–Kier alpha value is -2.68. The highest BCUT2D eigenvalue weighted by molar-refractivity contribution is 6.07. The molecule has 3 heteroatoms. The third-order valence-electron chi connectivity index (χ3n) is 3.70. The summed E-state index contributed by atoms with van der Waals surface area (Å²) in [5, 5.41) is 0. The molecule has 0 aliphatic carbocycles. The summed E-state index contributed by atoms with van der Waals surface area (Å²) in [6.07, 6.45) is 4.84. The van der Waals surface area contributed by atoms with Gasteiger partial charge in [0, 0.05) is 18.7 Å². The van der Waals surface area contributed by atoms with E-state index < -0.39 is 0 Å². The zero-order valence-electron chi connectivity index (χ0n) is 14.0. The number of carbonyl (C=O) groups is 2. The number of hydrogen-bond donors (Lipinski definition) is 0. The van der Waals surface area contributed by atoms with Crippen LogP contribution in [0.2, 0.25) is 0 Å². The van der Waals surface area contributed by atoms with Crippen molar-refractivity contribution in [2.24, 2.45) is 0 Å². The summed E-state index contributed by atoms with van der Waals surface area (Å²) in [6.45, 7) is 3.08. The Morgan fingerprint density at radius 2 is 1.54 bits per heavy atom. The van der Waals surface area contributed by atoms with E-state index in [0.29, 0.717) is 18.7 Å². The Labute approximate surface area is 143 Å². The van der Waals surface area contributed by atoms with Gasteiger partial charge in [-0.2, -0.15) is 0 Å². The predicted molar refractivity (Wildman–Crippen MR) is 96.7 cm³/mol. The molecule has 3 nitrogen and oxygen atoms in total. The van der Waals surface area contributed by atoms with Crippen LogP contribution in [0.4, 0.5) is 0 Å². The van der Waals surface area contributed by atoms with E-state index in [4.69, 9.17) is 0 Å². The lowest BCUT2D eigenvalue weighted by Gasteiger charge is -2.21. The highest BCUT2D eigenvalue weighted by Gasteiger charge is 2.17. The minimum Gasteiger partial charge on any atom is -0.334 e. The fraction of sp³-hybridized carbons (Fsp3) is 0.238. The van der Waals surface area contributed by atoms with Gasteiger partial charge in [-0.25, -0.2) is 0 Å². The second-order valence-electron chi connectivity index (χ2n) is 5.61. The summed E-state index contributed by atoms with van der Waals surface area (Å²) in [4.78, 5) is 26.6. The van der Waals surface area contributed by atoms with Crippen molar-refractivity contribution in [3.05, 3.63) is 83.9 Å². The van der Waals surface area contributed by atoms with Crippen molar-refractivity contribution in [2.45, 2.75) is 26.3 Å². The van der Waals surface area contributed by atoms with E-state index in [-0.39, 0.29) is 18.1 Å². The van der Waals surface area contributed by atoms with Gasteiger partial charge >= 0.3 is 0 Å². The average molecular weight is 321 g/mol. The third-order valence-corrected chi connectivity index (χ3v) is 3.70. The van der Waals surface area contributed by atoms with Crippen molar-refractivity contribution in [1.29, 1.82) is 0 Å². The summed E-state index contributed by atoms with van der Waals surface area (Å²) in [5.41, 5.74) is 1.64. The van der Waals surface area contributed by atoms with Crippen LogP contribution in [0.15, 0.2) is 72.8 Å². The molecule has 0 N–H and O–H groups in total. The average Bonchev–Trinajstić information content (AvgIpc) is 2.62. The molecule has 0 bridgehead atoms. The molecule has 0 heterocycles. The summed E-state index contributed by atoms with van der Waals surface area (Å²) in [7, 11) is 0. The van der Waals surface area contributed by atoms with E-state index >= 15 is 0 Å². The van der Waals surface area contributed by atoms with Crippen LogP contribution in [0.1, 0.15) is 35.7 Å². The Balaban J connectivity index is 2.06. The lowest BCUT2D eigenvalue weighted by atomic mass is 10.1. The molecule has 2 aromatic carbocycles. The molecule has 1 amide bonds. The topological polar surface area (TPSA) is 37.4 Å². The van der Waals surface area contributed by atoms with E-state index in [2.05, 4.69) is 6.92 Å². The summed E-state index contributed by atoms with van der Waals surface area (Å²) in [6, 6.07) is 18.8. The maximum absolute atomic E-state index is 12.6. The number of amides is 1. The minimum atomic E-state index is -0.145. The van der Waals surface area contributed by atoms with E-state index in [1.165, 1.54) is 0 Å². The molecule has 0 radical (unpaired) electrons. The lowest BCUT2D eigenvalue weighted by molar-refractivity contribution is -0.130. The van der Waals surface area contributed by atoms with Crippen molar-refractivity contribution in [2.75, 3.05) is 6.54 Å². The van der Waals surface area contributed by atoms with Crippen LogP contribution in [0.3, 0.4) is 0 Å². The van der Waals surface area contributed by atoms with Gasteiger partial charge in [-0.05, 0) is 12.0 Å². The summed E-state index contributed by atoms with van der Waals surface area (Å²) in [5.74, 6) is -0.286. The van der Waals surface area contributed by atoms with Crippen molar-refractivity contribution in [3.8, 4) is 0 Å². The zero-order valence-corrected chi connectivity index (χ0v) is 14.0. The Morgan fingerprint density at radius 3 is 2.17 bits per heavy atom. The van der Waals surface area contributed by atoms with Gasteiger partial charge in [-0.15, -0.1) is 0 Å². The van der Waals surface area contributed by atoms with Crippen molar-refractivity contribution in [3.63, 3.8) is 0 Å². The van der Waals surface area contributed by atoms with Gasteiger partial charge in [0.25, 0.3) is 0 Å². The Kier molecular flexibility index (Phi) is 6.96. The molecule has 0 unspecified atom stereocenters. The number of nitrogens with zero attached hydrogens (tertiary/aromatic N) is 1. The first-order valence-electron chi connectivity index (χ1n) is 8.25. The molecule has 2 rings (SSSR count). The van der Waals surface area contributed by atoms with Crippen molar-refractivity contribution < 1.29 is 9.59 Å². The van der Waals surface area contributed by atoms with Crippen LogP contribution in [0.25, 0.3) is 0 Å². The molecular formula is C21H23NO2. The van der Waals surface area contributed by atoms with E-state index in [1.54, 1.807) is 17.0 Å². The molecule has 0 saturated carbocycles. The number of hydrogen-bond acceptors (Lipinski definition) is 2. The number of benzene rings is 2. The largest absolute Gasteiger partial charge is 0.334 e. The second-order valence-corrected chi connectivity index (χ2v) is 5.61. The predicted octanol–water partition coefficient (Wildman–Crippen LogP) is 4.25. The smallest absolute Gasteiger partial charge is 0.230 e. The van der Waals surface area contributed by atoms with Crippen LogP contribution in [-0.4, -0.2) is 23.1 Å². The van der Waals surface area contributed by atoms with Crippen LogP contribution in [0.5, 0.6) is 0 Å². The molecule has 0 saturated heterocycles. The number of allylic oxidation sites excluding steroid dienone is 1. The molecule has 24 heavy (non-hydrogen) atoms. The zero-order chi connectivity index (χ0) is 17.2. The molecular weight excluding hydrogens is 298 g/mol. The number of carbonyl (C=O) groups excluding carboxylic acids is 2. The second kappa shape index (κ2) is 9.46. The SMILES string of the molecule is CC/C=C\CN(Cc1ccccc1)C(=O)CC(=O)c1ccccc1. The van der Waals surface area contributed by atoms with Gasteiger partial charge < -0.3 is 4.90 Å². The third kappa shape index (κ3) is 5.51. The Morgan fingerprint density at radius 1 is 0.917 bits per heavy atom. The first kappa shape index (κ1) is 17.7. The first-order chi connectivity index (χ1) is 11.7. The molecule has 0 aromatic heterocycles. The highest BCUT2D eigenvalue weighted by Crippen LogP contribution is 2.09. The molecule has 124 valence electrons. The van der Waals surface area contributed by atoms with Crippen LogP contribution in [0, 0.1) is 0 Å². The first-order valence-corrected chi connectivity index (χ1v) is 8.25. The van der Waals surface area contributed by atoms with Gasteiger partial charge in [0.15, 0.2) is 5.78 Å². The van der Waals surface area contributed by atoms with Crippen LogP contribution in [-0.2, 0) is 11.3 Å². The van der Waals surface area contributed by atoms with Crippen LogP contribution >= 0.6 is 0 Å². The fourth-order valence-electron chi connectivity index (χ4n) is 2.40.